The third-order valence-electron chi connectivity index (χ3n) is 4.25. The first kappa shape index (κ1) is 15.2. The van der Waals surface area contributed by atoms with Gasteiger partial charge in [-0.25, -0.2) is 0 Å². The minimum absolute atomic E-state index is 0.148. The lowest BCUT2D eigenvalue weighted by Gasteiger charge is -2.06. The van der Waals surface area contributed by atoms with E-state index in [1.54, 1.807) is 12.1 Å². The molecule has 5 heteroatoms. The number of rotatable bonds is 4. The van der Waals surface area contributed by atoms with Crippen LogP contribution in [0.25, 0.3) is 22.4 Å². The maximum Gasteiger partial charge on any atom is 0.155 e. The summed E-state index contributed by atoms with van der Waals surface area (Å²) in [6.45, 7) is -0.148. The lowest BCUT2D eigenvalue weighted by Crippen LogP contribution is -1.93. The molecule has 2 aromatic carbocycles. The molecule has 0 bridgehead atoms. The van der Waals surface area contributed by atoms with Crippen molar-refractivity contribution in [3.63, 3.8) is 0 Å². The van der Waals surface area contributed by atoms with Gasteiger partial charge in [0.15, 0.2) is 5.76 Å². The van der Waals surface area contributed by atoms with Gasteiger partial charge in [0, 0.05) is 5.39 Å². The smallest absolute Gasteiger partial charge is 0.155 e. The van der Waals surface area contributed by atoms with Crippen molar-refractivity contribution in [2.45, 2.75) is 13.0 Å². The summed E-state index contributed by atoms with van der Waals surface area (Å²) < 4.78 is 5.65. The van der Waals surface area contributed by atoms with Crippen LogP contribution in [0.1, 0.15) is 22.5 Å². The number of aromatic nitrogens is 2. The zero-order chi connectivity index (χ0) is 17.2. The van der Waals surface area contributed by atoms with Gasteiger partial charge in [-0.2, -0.15) is 10.4 Å². The molecular weight excluding hydrogens is 314 g/mol. The Morgan fingerprint density at radius 2 is 1.88 bits per heavy atom. The Morgan fingerprint density at radius 3 is 2.68 bits per heavy atom. The number of benzene rings is 2. The lowest BCUT2D eigenvalue weighted by molar-refractivity contribution is 0.248. The molecule has 5 nitrogen and oxygen atoms in total. The Balaban J connectivity index is 1.84. The van der Waals surface area contributed by atoms with Crippen molar-refractivity contribution in [3.8, 4) is 17.5 Å². The fraction of sp³-hybridized carbons (Fsp3) is 0.100. The molecule has 0 aliphatic heterocycles. The number of hydrogen-bond acceptors (Lipinski definition) is 4. The van der Waals surface area contributed by atoms with Gasteiger partial charge in [0.25, 0.3) is 0 Å². The van der Waals surface area contributed by atoms with Gasteiger partial charge in [-0.05, 0) is 41.8 Å². The van der Waals surface area contributed by atoms with Crippen molar-refractivity contribution in [1.29, 1.82) is 5.26 Å². The highest BCUT2D eigenvalue weighted by atomic mass is 16.4. The topological polar surface area (TPSA) is 85.8 Å². The molecule has 25 heavy (non-hydrogen) atoms. The van der Waals surface area contributed by atoms with Gasteiger partial charge in [-0.1, -0.05) is 30.3 Å². The lowest BCUT2D eigenvalue weighted by atomic mass is 9.97. The summed E-state index contributed by atoms with van der Waals surface area (Å²) in [7, 11) is 0. The van der Waals surface area contributed by atoms with E-state index < -0.39 is 0 Å². The highest BCUT2D eigenvalue weighted by Crippen LogP contribution is 2.31. The van der Waals surface area contributed by atoms with E-state index in [2.05, 4.69) is 16.3 Å². The van der Waals surface area contributed by atoms with E-state index in [-0.39, 0.29) is 6.61 Å². The molecule has 4 aromatic rings. The zero-order valence-corrected chi connectivity index (χ0v) is 13.4. The predicted octanol–water partition coefficient (Wildman–Crippen LogP) is 3.78. The van der Waals surface area contributed by atoms with E-state index in [0.717, 1.165) is 22.0 Å². The number of aliphatic hydroxyl groups is 1. The molecule has 0 fully saturated rings. The van der Waals surface area contributed by atoms with Gasteiger partial charge in [0.2, 0.25) is 0 Å². The van der Waals surface area contributed by atoms with Gasteiger partial charge < -0.3 is 9.52 Å². The number of nitrogens with one attached hydrogen (secondary N) is 1. The summed E-state index contributed by atoms with van der Waals surface area (Å²) in [6.07, 6.45) is 0.626. The molecule has 122 valence electrons. The Hall–Kier alpha value is -3.36. The van der Waals surface area contributed by atoms with Gasteiger partial charge >= 0.3 is 0 Å². The van der Waals surface area contributed by atoms with Crippen molar-refractivity contribution >= 4 is 10.9 Å². The Bertz CT molecular complexity index is 1090. The molecule has 2 N–H and O–H groups in total. The van der Waals surface area contributed by atoms with Gasteiger partial charge in [-0.15, -0.1) is 0 Å². The van der Waals surface area contributed by atoms with E-state index in [1.165, 1.54) is 0 Å². The molecule has 0 atom stereocenters. The average Bonchev–Trinajstić information content (AvgIpc) is 3.29. The van der Waals surface area contributed by atoms with E-state index >= 15 is 0 Å². The second kappa shape index (κ2) is 6.27. The highest BCUT2D eigenvalue weighted by molar-refractivity contribution is 5.94. The monoisotopic (exact) mass is 329 g/mol. The minimum Gasteiger partial charge on any atom is -0.457 e. The van der Waals surface area contributed by atoms with E-state index in [4.69, 9.17) is 4.42 Å². The Morgan fingerprint density at radius 1 is 1.04 bits per heavy atom. The Kier molecular flexibility index (Phi) is 3.81. The number of aliphatic hydroxyl groups excluding tert-OH is 1. The molecule has 2 aromatic heterocycles. The normalized spacial score (nSPS) is 10.9. The molecule has 0 aliphatic carbocycles. The van der Waals surface area contributed by atoms with Crippen molar-refractivity contribution < 1.29 is 9.52 Å². The van der Waals surface area contributed by atoms with Crippen LogP contribution in [0.5, 0.6) is 0 Å². The van der Waals surface area contributed by atoms with Crippen LogP contribution in [0.15, 0.2) is 59.0 Å². The number of fused-ring (bicyclic) bond motifs is 1. The average molecular weight is 329 g/mol. The highest BCUT2D eigenvalue weighted by Gasteiger charge is 2.16. The third kappa shape index (κ3) is 2.69. The van der Waals surface area contributed by atoms with Crippen molar-refractivity contribution in [2.24, 2.45) is 0 Å². The molecule has 0 amide bonds. The fourth-order valence-electron chi connectivity index (χ4n) is 3.05. The number of H-pyrrole nitrogens is 1. The quantitative estimate of drug-likeness (QED) is 0.596. The largest absolute Gasteiger partial charge is 0.457 e. The molecule has 0 radical (unpaired) electrons. The minimum atomic E-state index is -0.148. The number of furan rings is 1. The van der Waals surface area contributed by atoms with Crippen molar-refractivity contribution in [1.82, 2.24) is 10.2 Å². The molecule has 0 saturated heterocycles. The number of nitrogens with zero attached hydrogens (tertiary/aromatic N) is 2. The van der Waals surface area contributed by atoms with E-state index in [0.29, 0.717) is 29.2 Å². The molecule has 0 aliphatic rings. The zero-order valence-electron chi connectivity index (χ0n) is 13.4. The van der Waals surface area contributed by atoms with Gasteiger partial charge in [0.05, 0.1) is 17.1 Å². The molecule has 4 rings (SSSR count). The summed E-state index contributed by atoms with van der Waals surface area (Å²) in [4.78, 5) is 0. The third-order valence-corrected chi connectivity index (χ3v) is 4.25. The standard InChI is InChI=1S/C20H15N3O2/c21-11-15-5-2-1-4-13(15)10-14-6-3-7-17-19(14)20(23-22-17)18-9-8-16(12-24)25-18/h1-9,24H,10,12H2,(H,22,23). The summed E-state index contributed by atoms with van der Waals surface area (Å²) in [5.41, 5.74) is 4.32. The number of hydrogen-bond donors (Lipinski definition) is 2. The first-order chi connectivity index (χ1) is 12.3. The van der Waals surface area contributed by atoms with Crippen molar-refractivity contribution in [3.05, 3.63) is 77.0 Å². The van der Waals surface area contributed by atoms with Crippen LogP contribution in [0.4, 0.5) is 0 Å². The van der Waals surface area contributed by atoms with Crippen molar-refractivity contribution in [2.75, 3.05) is 0 Å². The fourth-order valence-corrected chi connectivity index (χ4v) is 3.05. The summed E-state index contributed by atoms with van der Waals surface area (Å²) in [6, 6.07) is 19.3. The van der Waals surface area contributed by atoms with Crippen LogP contribution in [0, 0.1) is 11.3 Å². The molecule has 2 heterocycles. The Labute approximate surface area is 144 Å². The second-order valence-corrected chi connectivity index (χ2v) is 5.78. The first-order valence-electron chi connectivity index (χ1n) is 7.94. The van der Waals surface area contributed by atoms with Gasteiger partial charge in [0.1, 0.15) is 18.1 Å². The van der Waals surface area contributed by atoms with Crippen LogP contribution < -0.4 is 0 Å². The van der Waals surface area contributed by atoms with E-state index in [1.807, 2.05) is 42.5 Å². The molecule has 0 saturated carbocycles. The van der Waals surface area contributed by atoms with E-state index in [9.17, 15) is 10.4 Å². The maximum absolute atomic E-state index is 9.33. The molecular formula is C20H15N3O2. The summed E-state index contributed by atoms with van der Waals surface area (Å²) in [5.74, 6) is 1.11. The summed E-state index contributed by atoms with van der Waals surface area (Å²) >= 11 is 0. The van der Waals surface area contributed by atoms with Crippen LogP contribution in [0.2, 0.25) is 0 Å². The van der Waals surface area contributed by atoms with Gasteiger partial charge in [-0.3, -0.25) is 5.10 Å². The van der Waals surface area contributed by atoms with Crippen LogP contribution in [-0.2, 0) is 13.0 Å². The van der Waals surface area contributed by atoms with Crippen LogP contribution >= 0.6 is 0 Å². The predicted molar refractivity (Wildman–Crippen MR) is 93.7 cm³/mol. The number of nitriles is 1. The van der Waals surface area contributed by atoms with Crippen LogP contribution in [-0.4, -0.2) is 15.3 Å². The SMILES string of the molecule is N#Cc1ccccc1Cc1cccc2[nH]nc(-c3ccc(CO)o3)c12. The second-order valence-electron chi connectivity index (χ2n) is 5.78. The molecule has 0 spiro atoms. The first-order valence-corrected chi connectivity index (χ1v) is 7.94. The van der Waals surface area contributed by atoms with Crippen LogP contribution in [0.3, 0.4) is 0 Å². The molecule has 0 unspecified atom stereocenters. The summed E-state index contributed by atoms with van der Waals surface area (Å²) in [5, 5.41) is 26.9. The number of aromatic amines is 1. The maximum atomic E-state index is 9.33.